The lowest BCUT2D eigenvalue weighted by Crippen LogP contribution is -2.38. The summed E-state index contributed by atoms with van der Waals surface area (Å²) < 4.78 is 51.3. The largest absolute Gasteiger partial charge is 0.300 e. The molecule has 156 valence electrons. The highest BCUT2D eigenvalue weighted by atomic mass is 32.3. The molecule has 1 aliphatic rings. The Hall–Kier alpha value is -1.84. The molecule has 0 saturated carbocycles. The van der Waals surface area contributed by atoms with Gasteiger partial charge in [-0.3, -0.25) is 9.59 Å². The Labute approximate surface area is 167 Å². The van der Waals surface area contributed by atoms with Crippen LogP contribution in [0.5, 0.6) is 0 Å². The standard InChI is InChI=1S/C19H27NO6S2/c1-13-6-10-19(11-7-13)28(25,26)20-27(23,24)15(3)12-18(17(5)22)9-8-14(2)16(4)21/h6-7,10,12,14,19-20H,3,8-9,11H2,1-2,4-5H3/b18-12+. The molecule has 28 heavy (non-hydrogen) atoms. The fourth-order valence-electron chi connectivity index (χ4n) is 2.40. The number of sulfonamides is 2. The number of rotatable bonds is 10. The lowest BCUT2D eigenvalue weighted by molar-refractivity contribution is -0.120. The van der Waals surface area contributed by atoms with Crippen LogP contribution in [0, 0.1) is 5.92 Å². The van der Waals surface area contributed by atoms with Gasteiger partial charge in [-0.05, 0) is 51.7 Å². The van der Waals surface area contributed by atoms with E-state index in [9.17, 15) is 26.4 Å². The zero-order chi connectivity index (χ0) is 21.7. The van der Waals surface area contributed by atoms with Crippen LogP contribution < -0.4 is 4.13 Å². The van der Waals surface area contributed by atoms with Crippen molar-refractivity contribution in [3.05, 3.63) is 46.9 Å². The van der Waals surface area contributed by atoms with Gasteiger partial charge in [0.1, 0.15) is 5.78 Å². The highest BCUT2D eigenvalue weighted by Gasteiger charge is 2.30. The molecule has 7 nitrogen and oxygen atoms in total. The van der Waals surface area contributed by atoms with Gasteiger partial charge in [0, 0.05) is 5.92 Å². The van der Waals surface area contributed by atoms with E-state index in [0.29, 0.717) is 6.42 Å². The molecule has 0 radical (unpaired) electrons. The van der Waals surface area contributed by atoms with Gasteiger partial charge in [0.15, 0.2) is 5.78 Å². The number of Topliss-reactive ketones (excluding diaryl/α,β-unsaturated/α-hetero) is 2. The number of allylic oxidation sites excluding steroid dienone is 5. The van der Waals surface area contributed by atoms with E-state index in [1.807, 2.05) is 6.92 Å². The second-order valence-electron chi connectivity index (χ2n) is 6.96. The van der Waals surface area contributed by atoms with Gasteiger partial charge in [-0.1, -0.05) is 37.3 Å². The first-order valence-electron chi connectivity index (χ1n) is 8.79. The van der Waals surface area contributed by atoms with Crippen LogP contribution in [0.3, 0.4) is 0 Å². The lowest BCUT2D eigenvalue weighted by Gasteiger charge is -2.17. The Kier molecular flexibility index (Phi) is 8.28. The summed E-state index contributed by atoms with van der Waals surface area (Å²) in [6.45, 7) is 9.65. The molecule has 0 aliphatic heterocycles. The van der Waals surface area contributed by atoms with Gasteiger partial charge in [0.25, 0.3) is 10.0 Å². The fraction of sp³-hybridized carbons (Fsp3) is 0.474. The normalized spacial score (nSPS) is 19.1. The van der Waals surface area contributed by atoms with Crippen molar-refractivity contribution in [3.63, 3.8) is 0 Å². The highest BCUT2D eigenvalue weighted by Crippen LogP contribution is 2.20. The van der Waals surface area contributed by atoms with Crippen molar-refractivity contribution in [1.29, 1.82) is 0 Å². The number of hydrogen-bond acceptors (Lipinski definition) is 6. The SMILES string of the molecule is C=C(/C=C(\CCC(C)C(C)=O)C(C)=O)S(=O)(=O)NS(=O)(=O)C1C=CC(C)=CC1. The molecule has 1 N–H and O–H groups in total. The Balaban J connectivity index is 2.97. The monoisotopic (exact) mass is 429 g/mol. The summed E-state index contributed by atoms with van der Waals surface area (Å²) in [6, 6.07) is 0. The Morgan fingerprint density at radius 1 is 1.29 bits per heavy atom. The van der Waals surface area contributed by atoms with Crippen LogP contribution in [0.1, 0.15) is 47.0 Å². The second-order valence-corrected chi connectivity index (χ2v) is 10.8. The quantitative estimate of drug-likeness (QED) is 0.422. The van der Waals surface area contributed by atoms with E-state index in [4.69, 9.17) is 0 Å². The molecule has 0 spiro atoms. The van der Waals surface area contributed by atoms with Crippen LogP contribution >= 0.6 is 0 Å². The average molecular weight is 430 g/mol. The smallest absolute Gasteiger partial charge is 0.252 e. The zero-order valence-corrected chi connectivity index (χ0v) is 18.2. The molecule has 0 saturated heterocycles. The third kappa shape index (κ3) is 6.96. The highest BCUT2D eigenvalue weighted by molar-refractivity contribution is 8.07. The molecule has 0 bridgehead atoms. The molecular formula is C19H27NO6S2. The van der Waals surface area contributed by atoms with Crippen LogP contribution in [-0.2, 0) is 29.6 Å². The first kappa shape index (κ1) is 24.2. The number of nitrogens with one attached hydrogen (secondary N) is 1. The molecule has 0 aromatic heterocycles. The van der Waals surface area contributed by atoms with Crippen LogP contribution in [0.4, 0.5) is 0 Å². The summed E-state index contributed by atoms with van der Waals surface area (Å²) in [5.74, 6) is -0.682. The molecule has 1 aliphatic carbocycles. The van der Waals surface area contributed by atoms with E-state index in [2.05, 4.69) is 6.58 Å². The second kappa shape index (κ2) is 9.58. The molecular weight excluding hydrogens is 402 g/mol. The molecule has 0 fully saturated rings. The van der Waals surface area contributed by atoms with Gasteiger partial charge in [0.2, 0.25) is 10.0 Å². The summed E-state index contributed by atoms with van der Waals surface area (Å²) >= 11 is 0. The third-order valence-corrected chi connectivity index (χ3v) is 8.31. The minimum atomic E-state index is -4.45. The van der Waals surface area contributed by atoms with E-state index in [-0.39, 0.29) is 35.9 Å². The van der Waals surface area contributed by atoms with Gasteiger partial charge in [-0.15, -0.1) is 4.13 Å². The maximum Gasteiger partial charge on any atom is 0.252 e. The molecule has 0 amide bonds. The molecule has 2 atom stereocenters. The van der Waals surface area contributed by atoms with E-state index in [0.717, 1.165) is 11.6 Å². The molecule has 0 aromatic carbocycles. The minimum absolute atomic E-state index is 0.0352. The van der Waals surface area contributed by atoms with Crippen molar-refractivity contribution in [2.75, 3.05) is 0 Å². The van der Waals surface area contributed by atoms with Crippen molar-refractivity contribution in [3.8, 4) is 0 Å². The fourth-order valence-corrected chi connectivity index (χ4v) is 5.48. The predicted molar refractivity (Wildman–Crippen MR) is 109 cm³/mol. The molecule has 1 rings (SSSR count). The zero-order valence-electron chi connectivity index (χ0n) is 16.6. The molecule has 0 heterocycles. The van der Waals surface area contributed by atoms with Crippen LogP contribution in [-0.4, -0.2) is 33.7 Å². The maximum atomic E-state index is 12.4. The van der Waals surface area contributed by atoms with Gasteiger partial charge in [-0.2, -0.15) is 0 Å². The van der Waals surface area contributed by atoms with Gasteiger partial charge in [0.05, 0.1) is 10.2 Å². The summed E-state index contributed by atoms with van der Waals surface area (Å²) in [6.07, 6.45) is 6.53. The summed E-state index contributed by atoms with van der Waals surface area (Å²) in [5.41, 5.74) is 1.06. The maximum absolute atomic E-state index is 12.4. The Morgan fingerprint density at radius 2 is 1.89 bits per heavy atom. The minimum Gasteiger partial charge on any atom is -0.300 e. The topological polar surface area (TPSA) is 114 Å². The van der Waals surface area contributed by atoms with E-state index in [1.54, 1.807) is 23.2 Å². The van der Waals surface area contributed by atoms with E-state index in [1.165, 1.54) is 19.9 Å². The summed E-state index contributed by atoms with van der Waals surface area (Å²) in [5, 5.41) is -1.01. The molecule has 9 heteroatoms. The van der Waals surface area contributed by atoms with Crippen LogP contribution in [0.25, 0.3) is 0 Å². The van der Waals surface area contributed by atoms with Crippen molar-refractivity contribution >= 4 is 31.6 Å². The van der Waals surface area contributed by atoms with Gasteiger partial charge >= 0.3 is 0 Å². The molecule has 2 unspecified atom stereocenters. The number of hydrogen-bond donors (Lipinski definition) is 1. The first-order chi connectivity index (χ1) is 12.8. The van der Waals surface area contributed by atoms with Crippen molar-refractivity contribution in [2.45, 2.75) is 52.2 Å². The van der Waals surface area contributed by atoms with Crippen molar-refractivity contribution < 1.29 is 26.4 Å². The third-order valence-electron chi connectivity index (χ3n) is 4.54. The Morgan fingerprint density at radius 3 is 2.36 bits per heavy atom. The average Bonchev–Trinajstić information content (AvgIpc) is 2.56. The Bertz CT molecular complexity index is 952. The van der Waals surface area contributed by atoms with E-state index >= 15 is 0 Å². The van der Waals surface area contributed by atoms with Gasteiger partial charge < -0.3 is 0 Å². The van der Waals surface area contributed by atoms with Crippen molar-refractivity contribution in [2.24, 2.45) is 5.92 Å². The number of carbonyl (C=O) groups is 2. The van der Waals surface area contributed by atoms with Crippen LogP contribution in [0.2, 0.25) is 0 Å². The first-order valence-corrected chi connectivity index (χ1v) is 11.8. The van der Waals surface area contributed by atoms with E-state index < -0.39 is 30.2 Å². The van der Waals surface area contributed by atoms with Gasteiger partial charge in [-0.25, -0.2) is 16.8 Å². The predicted octanol–water partition coefficient (Wildman–Crippen LogP) is 2.54. The number of carbonyl (C=O) groups excluding carboxylic acids is 2. The molecule has 0 aromatic rings. The van der Waals surface area contributed by atoms with Crippen molar-refractivity contribution in [1.82, 2.24) is 4.13 Å². The lowest BCUT2D eigenvalue weighted by atomic mass is 9.96. The summed E-state index contributed by atoms with van der Waals surface area (Å²) in [7, 11) is -8.64. The van der Waals surface area contributed by atoms with Crippen LogP contribution in [0.15, 0.2) is 46.9 Å². The summed E-state index contributed by atoms with van der Waals surface area (Å²) in [4.78, 5) is 22.6. The number of ketones is 2.